The maximum Gasteiger partial charge on any atom is 0.123 e. The molecule has 114 valence electrons. The first-order chi connectivity index (χ1) is 9.37. The molecule has 1 rings (SSSR count). The van der Waals surface area contributed by atoms with E-state index < -0.39 is 0 Å². The largest absolute Gasteiger partial charge is 0.496 e. The Balaban J connectivity index is 2.94. The third kappa shape index (κ3) is 5.76. The molecule has 0 heterocycles. The van der Waals surface area contributed by atoms with Gasteiger partial charge in [-0.05, 0) is 26.0 Å². The highest BCUT2D eigenvalue weighted by molar-refractivity contribution is 8.00. The highest BCUT2D eigenvalue weighted by Crippen LogP contribution is 2.32. The molecule has 0 saturated carbocycles. The average Bonchev–Trinajstić information content (AvgIpc) is 2.37. The number of nitrogens with one attached hydrogen (secondary N) is 1. The van der Waals surface area contributed by atoms with E-state index in [1.54, 1.807) is 7.11 Å². The lowest BCUT2D eigenvalue weighted by Gasteiger charge is -2.25. The molecular formula is C17H29NOS. The first-order valence-corrected chi connectivity index (χ1v) is 8.38. The summed E-state index contributed by atoms with van der Waals surface area (Å²) in [5.74, 6) is 2.04. The molecular weight excluding hydrogens is 266 g/mol. The van der Waals surface area contributed by atoms with Crippen LogP contribution in [0.2, 0.25) is 0 Å². The van der Waals surface area contributed by atoms with Crippen molar-refractivity contribution >= 4 is 11.8 Å². The van der Waals surface area contributed by atoms with Gasteiger partial charge in [0.1, 0.15) is 5.75 Å². The molecule has 0 saturated heterocycles. The molecule has 0 radical (unpaired) electrons. The number of aryl methyl sites for hydroxylation is 1. The Morgan fingerprint density at radius 1 is 1.30 bits per heavy atom. The van der Waals surface area contributed by atoms with Crippen LogP contribution in [0.25, 0.3) is 0 Å². The van der Waals surface area contributed by atoms with E-state index >= 15 is 0 Å². The summed E-state index contributed by atoms with van der Waals surface area (Å²) < 4.78 is 5.82. The zero-order valence-electron chi connectivity index (χ0n) is 13.7. The third-order valence-electron chi connectivity index (χ3n) is 3.08. The summed E-state index contributed by atoms with van der Waals surface area (Å²) in [5, 5.41) is 3.66. The van der Waals surface area contributed by atoms with Crippen molar-refractivity contribution in [1.29, 1.82) is 0 Å². The molecule has 0 aliphatic heterocycles. The minimum atomic E-state index is 0.281. The number of hydrogen-bond donors (Lipinski definition) is 1. The lowest BCUT2D eigenvalue weighted by molar-refractivity contribution is 0.402. The van der Waals surface area contributed by atoms with Crippen molar-refractivity contribution in [2.45, 2.75) is 51.8 Å². The van der Waals surface area contributed by atoms with E-state index in [-0.39, 0.29) is 4.75 Å². The third-order valence-corrected chi connectivity index (χ3v) is 4.45. The fraction of sp³-hybridized carbons (Fsp3) is 0.647. The molecule has 1 unspecified atom stereocenters. The fourth-order valence-electron chi connectivity index (χ4n) is 2.04. The molecule has 1 N–H and O–H groups in total. The predicted octanol–water partition coefficient (Wildman–Crippen LogP) is 4.58. The van der Waals surface area contributed by atoms with Crippen molar-refractivity contribution in [2.75, 3.05) is 19.4 Å². The summed E-state index contributed by atoms with van der Waals surface area (Å²) in [6.45, 7) is 12.2. The van der Waals surface area contributed by atoms with Crippen LogP contribution < -0.4 is 10.1 Å². The Labute approximate surface area is 128 Å². The van der Waals surface area contributed by atoms with E-state index in [2.05, 4.69) is 58.1 Å². The molecule has 0 spiro atoms. The van der Waals surface area contributed by atoms with Gasteiger partial charge in [0, 0.05) is 22.1 Å². The maximum atomic E-state index is 5.54. The van der Waals surface area contributed by atoms with Crippen molar-refractivity contribution in [2.24, 2.45) is 0 Å². The van der Waals surface area contributed by atoms with Gasteiger partial charge in [0.05, 0.1) is 7.11 Å². The van der Waals surface area contributed by atoms with Crippen molar-refractivity contribution < 1.29 is 4.74 Å². The van der Waals surface area contributed by atoms with Crippen LogP contribution in [0.3, 0.4) is 0 Å². The lowest BCUT2D eigenvalue weighted by atomic mass is 10.0. The second-order valence-corrected chi connectivity index (χ2v) is 8.02. The first kappa shape index (κ1) is 17.4. The Bertz CT molecular complexity index is 412. The molecule has 2 nitrogen and oxygen atoms in total. The average molecular weight is 295 g/mol. The van der Waals surface area contributed by atoms with Crippen LogP contribution in [0.15, 0.2) is 18.2 Å². The number of rotatable bonds is 7. The van der Waals surface area contributed by atoms with Crippen molar-refractivity contribution in [1.82, 2.24) is 5.32 Å². The summed E-state index contributed by atoms with van der Waals surface area (Å²) in [6, 6.07) is 6.77. The number of methoxy groups -OCH3 is 1. The van der Waals surface area contributed by atoms with Crippen LogP contribution in [0.1, 0.15) is 51.3 Å². The summed E-state index contributed by atoms with van der Waals surface area (Å²) >= 11 is 1.99. The molecule has 0 aliphatic carbocycles. The topological polar surface area (TPSA) is 21.3 Å². The number of hydrogen-bond acceptors (Lipinski definition) is 3. The van der Waals surface area contributed by atoms with Gasteiger partial charge < -0.3 is 10.1 Å². The van der Waals surface area contributed by atoms with Gasteiger partial charge in [-0.15, -0.1) is 0 Å². The number of thioether (sulfide) groups is 1. The summed E-state index contributed by atoms with van der Waals surface area (Å²) in [7, 11) is 1.75. The van der Waals surface area contributed by atoms with Crippen LogP contribution >= 0.6 is 11.8 Å². The van der Waals surface area contributed by atoms with E-state index in [4.69, 9.17) is 4.74 Å². The van der Waals surface area contributed by atoms with E-state index in [0.717, 1.165) is 24.5 Å². The van der Waals surface area contributed by atoms with Gasteiger partial charge in [-0.25, -0.2) is 0 Å². The standard InChI is InChI=1S/C17H29NOS/c1-7-10-18-15(12-20-17(3,4)5)14-11-13(2)8-9-16(14)19-6/h8-9,11,15,18H,7,10,12H2,1-6H3. The van der Waals surface area contributed by atoms with Gasteiger partial charge in [0.2, 0.25) is 0 Å². The van der Waals surface area contributed by atoms with Crippen LogP contribution in [0.4, 0.5) is 0 Å². The Morgan fingerprint density at radius 3 is 2.55 bits per heavy atom. The van der Waals surface area contributed by atoms with Crippen molar-refractivity contribution in [3.05, 3.63) is 29.3 Å². The molecule has 1 aromatic rings. The lowest BCUT2D eigenvalue weighted by Crippen LogP contribution is -2.26. The van der Waals surface area contributed by atoms with Crippen molar-refractivity contribution in [3.63, 3.8) is 0 Å². The van der Waals surface area contributed by atoms with Gasteiger partial charge >= 0.3 is 0 Å². The molecule has 0 fully saturated rings. The van der Waals surface area contributed by atoms with Gasteiger partial charge in [-0.3, -0.25) is 0 Å². The minimum Gasteiger partial charge on any atom is -0.496 e. The number of benzene rings is 1. The van der Waals surface area contributed by atoms with Gasteiger partial charge in [-0.2, -0.15) is 11.8 Å². The van der Waals surface area contributed by atoms with E-state index in [1.165, 1.54) is 11.1 Å². The zero-order valence-corrected chi connectivity index (χ0v) is 14.6. The molecule has 1 atom stereocenters. The second-order valence-electron chi connectivity index (χ2n) is 6.18. The van der Waals surface area contributed by atoms with Gasteiger partial charge in [0.15, 0.2) is 0 Å². The molecule has 20 heavy (non-hydrogen) atoms. The monoisotopic (exact) mass is 295 g/mol. The maximum absolute atomic E-state index is 5.54. The normalized spacial score (nSPS) is 13.3. The van der Waals surface area contributed by atoms with E-state index in [1.807, 2.05) is 11.8 Å². The Morgan fingerprint density at radius 2 is 2.00 bits per heavy atom. The van der Waals surface area contributed by atoms with E-state index in [9.17, 15) is 0 Å². The molecule has 3 heteroatoms. The quantitative estimate of drug-likeness (QED) is 0.796. The van der Waals surface area contributed by atoms with Crippen LogP contribution in [-0.2, 0) is 0 Å². The van der Waals surface area contributed by atoms with Crippen molar-refractivity contribution in [3.8, 4) is 5.75 Å². The molecule has 0 aliphatic rings. The zero-order chi connectivity index (χ0) is 15.2. The molecule has 0 amide bonds. The highest BCUT2D eigenvalue weighted by atomic mass is 32.2. The summed E-state index contributed by atoms with van der Waals surface area (Å²) in [4.78, 5) is 0. The molecule has 0 aromatic heterocycles. The fourth-order valence-corrected chi connectivity index (χ4v) is 3.00. The second kappa shape index (κ2) is 7.94. The van der Waals surface area contributed by atoms with Crippen LogP contribution in [0.5, 0.6) is 5.75 Å². The Kier molecular flexibility index (Phi) is 6.90. The van der Waals surface area contributed by atoms with Crippen LogP contribution in [0, 0.1) is 6.92 Å². The molecule has 1 aromatic carbocycles. The van der Waals surface area contributed by atoms with Gasteiger partial charge in [0.25, 0.3) is 0 Å². The minimum absolute atomic E-state index is 0.281. The Hall–Kier alpha value is -0.670. The smallest absolute Gasteiger partial charge is 0.123 e. The van der Waals surface area contributed by atoms with E-state index in [0.29, 0.717) is 6.04 Å². The van der Waals surface area contributed by atoms with Gasteiger partial charge in [-0.1, -0.05) is 45.4 Å². The summed E-state index contributed by atoms with van der Waals surface area (Å²) in [5.41, 5.74) is 2.56. The SMILES string of the molecule is CCCNC(CSC(C)(C)C)c1cc(C)ccc1OC. The number of ether oxygens (including phenoxy) is 1. The first-order valence-electron chi connectivity index (χ1n) is 7.39. The summed E-state index contributed by atoms with van der Waals surface area (Å²) in [6.07, 6.45) is 1.14. The molecule has 0 bridgehead atoms. The van der Waals surface area contributed by atoms with Crippen LogP contribution in [-0.4, -0.2) is 24.2 Å². The highest BCUT2D eigenvalue weighted by Gasteiger charge is 2.19. The predicted molar refractivity (Wildman–Crippen MR) is 91.0 cm³/mol.